The summed E-state index contributed by atoms with van der Waals surface area (Å²) < 4.78 is 11.1. The zero-order chi connectivity index (χ0) is 29.9. The van der Waals surface area contributed by atoms with Gasteiger partial charge in [-0.3, -0.25) is 9.59 Å². The zero-order valence-corrected chi connectivity index (χ0v) is 24.7. The number of carbonyl (C=O) groups is 3. The number of anilines is 3. The van der Waals surface area contributed by atoms with Crippen LogP contribution in [0.1, 0.15) is 63.6 Å². The van der Waals surface area contributed by atoms with Crippen molar-refractivity contribution in [2.45, 2.75) is 59.5 Å². The van der Waals surface area contributed by atoms with Crippen molar-refractivity contribution in [1.29, 1.82) is 0 Å². The lowest BCUT2D eigenvalue weighted by Crippen LogP contribution is -2.41. The number of likely N-dealkylation sites (N-methyl/N-ethyl adjacent to an activating group) is 1. The number of carbonyl (C=O) groups excluding carboxylic acids is 3. The number of aryl methyl sites for hydroxylation is 1. The van der Waals surface area contributed by atoms with Crippen LogP contribution in [0.3, 0.4) is 0 Å². The number of nitrogens with zero attached hydrogens (tertiary/aromatic N) is 4. The first-order valence-corrected chi connectivity index (χ1v) is 13.5. The highest BCUT2D eigenvalue weighted by Gasteiger charge is 2.21. The molecule has 0 spiro atoms. The summed E-state index contributed by atoms with van der Waals surface area (Å²) in [6.45, 7) is 10.7. The normalized spacial score (nSPS) is 11.0. The van der Waals surface area contributed by atoms with Crippen molar-refractivity contribution in [2.75, 3.05) is 50.6 Å². The molecule has 0 aliphatic carbocycles. The molecule has 1 heterocycles. The Hall–Kier alpha value is -4.09. The number of hydrogen-bond acceptors (Lipinski definition) is 9. The minimum Gasteiger partial charge on any atom is -0.493 e. The van der Waals surface area contributed by atoms with Gasteiger partial charge in [0.05, 0.1) is 12.3 Å². The molecular formula is C28H43N7O5. The Morgan fingerprint density at radius 3 is 2.45 bits per heavy atom. The molecule has 12 heteroatoms. The van der Waals surface area contributed by atoms with Crippen molar-refractivity contribution < 1.29 is 23.9 Å². The number of aromatic nitrogens is 2. The summed E-state index contributed by atoms with van der Waals surface area (Å²) in [5, 5.41) is 5.93. The quantitative estimate of drug-likeness (QED) is 0.296. The predicted molar refractivity (Wildman–Crippen MR) is 155 cm³/mol. The van der Waals surface area contributed by atoms with Crippen LogP contribution in [0.5, 0.6) is 5.75 Å². The van der Waals surface area contributed by atoms with Gasteiger partial charge in [-0.15, -0.1) is 0 Å². The number of primary amides is 1. The molecule has 0 aliphatic heterocycles. The fourth-order valence-electron chi connectivity index (χ4n) is 3.55. The lowest BCUT2D eigenvalue weighted by Gasteiger charge is -2.24. The van der Waals surface area contributed by atoms with Gasteiger partial charge in [-0.1, -0.05) is 19.4 Å². The van der Waals surface area contributed by atoms with Crippen LogP contribution in [0.15, 0.2) is 24.3 Å². The van der Waals surface area contributed by atoms with Gasteiger partial charge in [0.15, 0.2) is 17.3 Å². The first-order chi connectivity index (χ1) is 18.8. The van der Waals surface area contributed by atoms with E-state index >= 15 is 0 Å². The summed E-state index contributed by atoms with van der Waals surface area (Å²) in [7, 11) is 3.44. The average molecular weight is 558 g/mol. The average Bonchev–Trinajstić information content (AvgIpc) is 2.87. The van der Waals surface area contributed by atoms with E-state index in [9.17, 15) is 14.4 Å². The molecular weight excluding hydrogens is 514 g/mol. The molecule has 2 rings (SSSR count). The second-order valence-electron chi connectivity index (χ2n) is 10.4. The third-order valence-electron chi connectivity index (χ3n) is 5.60. The van der Waals surface area contributed by atoms with Gasteiger partial charge in [-0.05, 0) is 52.7 Å². The first-order valence-electron chi connectivity index (χ1n) is 13.5. The van der Waals surface area contributed by atoms with Crippen molar-refractivity contribution in [3.8, 4) is 5.75 Å². The highest BCUT2D eigenvalue weighted by molar-refractivity contribution is 5.96. The molecule has 0 aliphatic rings. The second kappa shape index (κ2) is 14.9. The summed E-state index contributed by atoms with van der Waals surface area (Å²) in [6, 6.07) is 7.22. The number of nitrogens with two attached hydrogens (primary N) is 1. The summed E-state index contributed by atoms with van der Waals surface area (Å²) in [4.78, 5) is 48.7. The van der Waals surface area contributed by atoms with E-state index in [-0.39, 0.29) is 24.0 Å². The Morgan fingerprint density at radius 2 is 1.82 bits per heavy atom. The van der Waals surface area contributed by atoms with Gasteiger partial charge >= 0.3 is 6.09 Å². The van der Waals surface area contributed by atoms with E-state index in [1.54, 1.807) is 32.9 Å². The molecule has 4 N–H and O–H groups in total. The monoisotopic (exact) mass is 557 g/mol. The number of amides is 3. The zero-order valence-electron chi connectivity index (χ0n) is 24.7. The Labute approximate surface area is 236 Å². The molecule has 0 atom stereocenters. The van der Waals surface area contributed by atoms with Gasteiger partial charge in [0.1, 0.15) is 17.9 Å². The number of benzene rings is 1. The lowest BCUT2D eigenvalue weighted by atomic mass is 10.2. The van der Waals surface area contributed by atoms with E-state index in [0.29, 0.717) is 43.2 Å². The van der Waals surface area contributed by atoms with Crippen LogP contribution < -0.4 is 26.0 Å². The van der Waals surface area contributed by atoms with Gasteiger partial charge in [0.2, 0.25) is 5.91 Å². The van der Waals surface area contributed by atoms with Crippen molar-refractivity contribution in [3.63, 3.8) is 0 Å². The molecule has 0 radical (unpaired) electrons. The summed E-state index contributed by atoms with van der Waals surface area (Å²) in [5.41, 5.74) is 6.46. The molecule has 1 aromatic carbocycles. The van der Waals surface area contributed by atoms with Gasteiger partial charge in [-0.25, -0.2) is 14.8 Å². The minimum atomic E-state index is -0.662. The Balaban J connectivity index is 1.95. The van der Waals surface area contributed by atoms with Crippen LogP contribution in [0.25, 0.3) is 0 Å². The largest absolute Gasteiger partial charge is 0.493 e. The van der Waals surface area contributed by atoms with Crippen molar-refractivity contribution >= 4 is 35.2 Å². The molecule has 40 heavy (non-hydrogen) atoms. The molecule has 3 amide bonds. The molecule has 0 bridgehead atoms. The van der Waals surface area contributed by atoms with Crippen LogP contribution >= 0.6 is 0 Å². The Kier molecular flexibility index (Phi) is 12.0. The van der Waals surface area contributed by atoms with E-state index in [4.69, 9.17) is 20.2 Å². The maximum absolute atomic E-state index is 12.2. The molecule has 2 aromatic rings. The van der Waals surface area contributed by atoms with Gasteiger partial charge < -0.3 is 35.6 Å². The van der Waals surface area contributed by atoms with E-state index in [2.05, 4.69) is 15.6 Å². The van der Waals surface area contributed by atoms with E-state index < -0.39 is 17.6 Å². The molecule has 0 fully saturated rings. The van der Waals surface area contributed by atoms with E-state index in [0.717, 1.165) is 18.7 Å². The SMILES string of the molecule is CCCc1nc(C(N)=O)c(Nc2cccc(OCCCNC(=O)CN(C)C(=O)OC(C)(C)C)c2)nc1N(C)CC. The summed E-state index contributed by atoms with van der Waals surface area (Å²) >= 11 is 0. The van der Waals surface area contributed by atoms with Gasteiger partial charge in [0.25, 0.3) is 5.91 Å². The maximum Gasteiger partial charge on any atom is 0.410 e. The minimum absolute atomic E-state index is 0.0797. The number of nitrogens with one attached hydrogen (secondary N) is 2. The topological polar surface area (TPSA) is 152 Å². The standard InChI is InChI=1S/C28H43N7O5/c1-8-12-21-26(34(6)9-2)33-25(23(32-21)24(29)37)31-19-13-10-14-20(17-19)39-16-11-15-30-22(36)18-35(7)27(38)40-28(3,4)5/h10,13-14,17H,8-9,11-12,15-16,18H2,1-7H3,(H2,29,37)(H,30,36)(H,31,33). The predicted octanol–water partition coefficient (Wildman–Crippen LogP) is 3.48. The van der Waals surface area contributed by atoms with Crippen LogP contribution in [0, 0.1) is 0 Å². The van der Waals surface area contributed by atoms with Crippen molar-refractivity contribution in [3.05, 3.63) is 35.7 Å². The second-order valence-corrected chi connectivity index (χ2v) is 10.4. The fourth-order valence-corrected chi connectivity index (χ4v) is 3.55. The Bertz CT molecular complexity index is 1170. The maximum atomic E-state index is 12.2. The third kappa shape index (κ3) is 10.2. The molecule has 0 saturated heterocycles. The van der Waals surface area contributed by atoms with Crippen LogP contribution in [0.2, 0.25) is 0 Å². The molecule has 0 unspecified atom stereocenters. The summed E-state index contributed by atoms with van der Waals surface area (Å²) in [5.74, 6) is 0.624. The fraction of sp³-hybridized carbons (Fsp3) is 0.536. The molecule has 220 valence electrons. The van der Waals surface area contributed by atoms with Crippen LogP contribution in [-0.2, 0) is 16.0 Å². The third-order valence-corrected chi connectivity index (χ3v) is 5.60. The number of hydrogen-bond donors (Lipinski definition) is 3. The number of rotatable bonds is 14. The Morgan fingerprint density at radius 1 is 1.10 bits per heavy atom. The number of ether oxygens (including phenoxy) is 2. The summed E-state index contributed by atoms with van der Waals surface area (Å²) in [6.07, 6.45) is 1.54. The smallest absolute Gasteiger partial charge is 0.410 e. The van der Waals surface area contributed by atoms with Gasteiger partial charge in [0, 0.05) is 38.9 Å². The molecule has 0 saturated carbocycles. The highest BCUT2D eigenvalue weighted by Crippen LogP contribution is 2.26. The van der Waals surface area contributed by atoms with Gasteiger partial charge in [-0.2, -0.15) is 0 Å². The van der Waals surface area contributed by atoms with Crippen LogP contribution in [0.4, 0.5) is 22.1 Å². The van der Waals surface area contributed by atoms with E-state index in [1.807, 2.05) is 37.9 Å². The molecule has 12 nitrogen and oxygen atoms in total. The van der Waals surface area contributed by atoms with Crippen molar-refractivity contribution in [2.24, 2.45) is 5.73 Å². The lowest BCUT2D eigenvalue weighted by molar-refractivity contribution is -0.122. The first kappa shape index (κ1) is 32.1. The van der Waals surface area contributed by atoms with E-state index in [1.165, 1.54) is 11.9 Å². The van der Waals surface area contributed by atoms with Crippen molar-refractivity contribution in [1.82, 2.24) is 20.2 Å². The highest BCUT2D eigenvalue weighted by atomic mass is 16.6. The molecule has 1 aromatic heterocycles. The van der Waals surface area contributed by atoms with Crippen LogP contribution in [-0.4, -0.2) is 78.7 Å².